The molecule has 2 rings (SSSR count). The van der Waals surface area contributed by atoms with Crippen molar-refractivity contribution < 1.29 is 13.2 Å². The third-order valence-electron chi connectivity index (χ3n) is 2.45. The van der Waals surface area contributed by atoms with Gasteiger partial charge in [-0.3, -0.25) is 4.79 Å². The van der Waals surface area contributed by atoms with Crippen LogP contribution in [0.1, 0.15) is 5.69 Å². The molecule has 19 heavy (non-hydrogen) atoms. The Labute approximate surface area is 115 Å². The lowest BCUT2D eigenvalue weighted by Gasteiger charge is -2.08. The van der Waals surface area contributed by atoms with E-state index in [2.05, 4.69) is 0 Å². The van der Waals surface area contributed by atoms with Gasteiger partial charge in [0.25, 0.3) is 5.56 Å². The van der Waals surface area contributed by atoms with Gasteiger partial charge < -0.3 is 4.98 Å². The number of hydrogen-bond donors (Lipinski definition) is 1. The van der Waals surface area contributed by atoms with Crippen LogP contribution in [-0.2, 0) is 6.18 Å². The van der Waals surface area contributed by atoms with Crippen molar-refractivity contribution in [1.29, 1.82) is 0 Å². The minimum atomic E-state index is -4.59. The van der Waals surface area contributed by atoms with Crippen molar-refractivity contribution in [3.05, 3.63) is 56.4 Å². The first-order valence-electron chi connectivity index (χ1n) is 5.05. The van der Waals surface area contributed by atoms with Crippen molar-refractivity contribution in [3.63, 3.8) is 0 Å². The van der Waals surface area contributed by atoms with E-state index >= 15 is 0 Å². The number of H-pyrrole nitrogens is 1. The zero-order valence-corrected chi connectivity index (χ0v) is 10.7. The molecule has 0 saturated heterocycles. The van der Waals surface area contributed by atoms with E-state index in [0.29, 0.717) is 10.6 Å². The van der Waals surface area contributed by atoms with Crippen LogP contribution in [0.25, 0.3) is 11.1 Å². The van der Waals surface area contributed by atoms with E-state index in [1.165, 1.54) is 18.2 Å². The van der Waals surface area contributed by atoms with Gasteiger partial charge in [0.15, 0.2) is 0 Å². The smallest absolute Gasteiger partial charge is 0.318 e. The molecule has 1 aromatic carbocycles. The number of pyridine rings is 1. The molecule has 0 bridgehead atoms. The van der Waals surface area contributed by atoms with Crippen LogP contribution >= 0.6 is 23.2 Å². The zero-order chi connectivity index (χ0) is 14.2. The van der Waals surface area contributed by atoms with Gasteiger partial charge in [0.05, 0.1) is 10.0 Å². The van der Waals surface area contributed by atoms with Crippen LogP contribution in [0.5, 0.6) is 0 Å². The molecule has 7 heteroatoms. The van der Waals surface area contributed by atoms with E-state index in [9.17, 15) is 18.0 Å². The highest BCUT2D eigenvalue weighted by Gasteiger charge is 2.31. The Hall–Kier alpha value is -1.46. The average Bonchev–Trinajstić information content (AvgIpc) is 2.31. The lowest BCUT2D eigenvalue weighted by Crippen LogP contribution is -2.17. The maximum Gasteiger partial charge on any atom is 0.431 e. The summed E-state index contributed by atoms with van der Waals surface area (Å²) in [5, 5.41) is 0.521. The van der Waals surface area contributed by atoms with Crippen molar-refractivity contribution in [2.45, 2.75) is 6.18 Å². The summed E-state index contributed by atoms with van der Waals surface area (Å²) >= 11 is 11.5. The number of alkyl halides is 3. The standard InChI is InChI=1S/C12H6Cl2F3NO/c13-8-3-1-6(5-9(8)14)7-2-4-10(12(15,16)17)18-11(7)19/h1-5H,(H,18,19). The number of nitrogens with one attached hydrogen (secondary N) is 1. The molecule has 1 heterocycles. The zero-order valence-electron chi connectivity index (χ0n) is 9.18. The van der Waals surface area contributed by atoms with Gasteiger partial charge in [-0.25, -0.2) is 0 Å². The summed E-state index contributed by atoms with van der Waals surface area (Å²) in [6, 6.07) is 6.30. The predicted octanol–water partition coefficient (Wildman–Crippen LogP) is 4.37. The molecule has 1 N–H and O–H groups in total. The molecule has 2 aromatic rings. The van der Waals surface area contributed by atoms with Crippen molar-refractivity contribution >= 4 is 23.2 Å². The SMILES string of the molecule is O=c1[nH]c(C(F)(F)F)ccc1-c1ccc(Cl)c(Cl)c1. The molecular weight excluding hydrogens is 302 g/mol. The van der Waals surface area contributed by atoms with Crippen molar-refractivity contribution in [2.24, 2.45) is 0 Å². The molecular formula is C12H6Cl2F3NO. The summed E-state index contributed by atoms with van der Waals surface area (Å²) in [6.07, 6.45) is -4.59. The Balaban J connectivity index is 2.52. The minimum Gasteiger partial charge on any atom is -0.318 e. The molecule has 0 unspecified atom stereocenters. The summed E-state index contributed by atoms with van der Waals surface area (Å²) < 4.78 is 37.2. The number of aromatic amines is 1. The van der Waals surface area contributed by atoms with Gasteiger partial charge in [0.2, 0.25) is 0 Å². The van der Waals surface area contributed by atoms with Gasteiger partial charge in [0, 0.05) is 5.56 Å². The monoisotopic (exact) mass is 307 g/mol. The van der Waals surface area contributed by atoms with E-state index < -0.39 is 17.4 Å². The van der Waals surface area contributed by atoms with E-state index in [4.69, 9.17) is 23.2 Å². The average molecular weight is 308 g/mol. The van der Waals surface area contributed by atoms with Crippen molar-refractivity contribution in [3.8, 4) is 11.1 Å². The van der Waals surface area contributed by atoms with Crippen LogP contribution in [-0.4, -0.2) is 4.98 Å². The summed E-state index contributed by atoms with van der Waals surface area (Å²) in [4.78, 5) is 13.4. The fraction of sp³-hybridized carbons (Fsp3) is 0.0833. The number of rotatable bonds is 1. The predicted molar refractivity (Wildman–Crippen MR) is 67.5 cm³/mol. The molecule has 0 fully saturated rings. The highest BCUT2D eigenvalue weighted by atomic mass is 35.5. The third kappa shape index (κ3) is 2.93. The fourth-order valence-corrected chi connectivity index (χ4v) is 1.83. The van der Waals surface area contributed by atoms with Crippen LogP contribution in [0.3, 0.4) is 0 Å². The highest BCUT2D eigenvalue weighted by Crippen LogP contribution is 2.29. The van der Waals surface area contributed by atoms with Crippen LogP contribution < -0.4 is 5.56 Å². The van der Waals surface area contributed by atoms with Gasteiger partial charge in [-0.05, 0) is 29.8 Å². The van der Waals surface area contributed by atoms with Gasteiger partial charge in [-0.1, -0.05) is 29.3 Å². The molecule has 0 spiro atoms. The topological polar surface area (TPSA) is 32.9 Å². The van der Waals surface area contributed by atoms with Crippen molar-refractivity contribution in [1.82, 2.24) is 4.98 Å². The Morgan fingerprint density at radius 3 is 2.21 bits per heavy atom. The molecule has 0 atom stereocenters. The van der Waals surface area contributed by atoms with E-state index in [1.807, 2.05) is 0 Å². The summed E-state index contributed by atoms with van der Waals surface area (Å²) in [5.41, 5.74) is -1.45. The molecule has 0 saturated carbocycles. The molecule has 0 aliphatic rings. The first-order chi connectivity index (χ1) is 8.79. The van der Waals surface area contributed by atoms with Crippen LogP contribution in [0.4, 0.5) is 13.2 Å². The van der Waals surface area contributed by atoms with E-state index in [1.54, 1.807) is 4.98 Å². The highest BCUT2D eigenvalue weighted by molar-refractivity contribution is 6.42. The Morgan fingerprint density at radius 2 is 1.68 bits per heavy atom. The summed E-state index contributed by atoms with van der Waals surface area (Å²) in [7, 11) is 0. The summed E-state index contributed by atoms with van der Waals surface area (Å²) in [6.45, 7) is 0. The number of aromatic nitrogens is 1. The van der Waals surface area contributed by atoms with Crippen molar-refractivity contribution in [2.75, 3.05) is 0 Å². The molecule has 0 aliphatic heterocycles. The largest absolute Gasteiger partial charge is 0.431 e. The molecule has 2 nitrogen and oxygen atoms in total. The van der Waals surface area contributed by atoms with E-state index in [-0.39, 0.29) is 10.6 Å². The van der Waals surface area contributed by atoms with Gasteiger partial charge in [-0.15, -0.1) is 0 Å². The third-order valence-corrected chi connectivity index (χ3v) is 3.18. The van der Waals surface area contributed by atoms with Crippen LogP contribution in [0.15, 0.2) is 35.1 Å². The van der Waals surface area contributed by atoms with Crippen LogP contribution in [0.2, 0.25) is 10.0 Å². The lowest BCUT2D eigenvalue weighted by molar-refractivity contribution is -0.141. The maximum absolute atomic E-state index is 12.4. The molecule has 0 aliphatic carbocycles. The quantitative estimate of drug-likeness (QED) is 0.834. The lowest BCUT2D eigenvalue weighted by atomic mass is 10.1. The molecule has 100 valence electrons. The number of benzene rings is 1. The van der Waals surface area contributed by atoms with Crippen LogP contribution in [0, 0.1) is 0 Å². The molecule has 0 amide bonds. The Kier molecular flexibility index (Phi) is 3.60. The van der Waals surface area contributed by atoms with Gasteiger partial charge in [0.1, 0.15) is 5.69 Å². The fourth-order valence-electron chi connectivity index (χ4n) is 1.53. The molecule has 0 radical (unpaired) electrons. The van der Waals surface area contributed by atoms with Gasteiger partial charge in [-0.2, -0.15) is 13.2 Å². The number of hydrogen-bond acceptors (Lipinski definition) is 1. The Bertz CT molecular complexity index is 679. The summed E-state index contributed by atoms with van der Waals surface area (Å²) in [5.74, 6) is 0. The second kappa shape index (κ2) is 4.90. The maximum atomic E-state index is 12.4. The number of halogens is 5. The molecule has 1 aromatic heterocycles. The minimum absolute atomic E-state index is 0.0894. The second-order valence-electron chi connectivity index (χ2n) is 3.74. The first-order valence-corrected chi connectivity index (χ1v) is 5.80. The second-order valence-corrected chi connectivity index (χ2v) is 4.56. The first kappa shape index (κ1) is 14.0. The van der Waals surface area contributed by atoms with E-state index in [0.717, 1.165) is 12.1 Å². The normalized spacial score (nSPS) is 11.6. The Morgan fingerprint density at radius 1 is 1.00 bits per heavy atom. The van der Waals surface area contributed by atoms with Gasteiger partial charge >= 0.3 is 6.18 Å².